The maximum atomic E-state index is 12.1. The molecule has 1 N–H and O–H groups in total. The zero-order valence-corrected chi connectivity index (χ0v) is 13.5. The molecule has 2 aromatic carbocycles. The van der Waals surface area contributed by atoms with Crippen LogP contribution in [0.3, 0.4) is 0 Å². The number of para-hydroxylation sites is 2. The van der Waals surface area contributed by atoms with E-state index in [1.54, 1.807) is 0 Å². The Bertz CT molecular complexity index is 836. The topological polar surface area (TPSA) is 46.9 Å². The fraction of sp³-hybridized carbons (Fsp3) is 0.263. The van der Waals surface area contributed by atoms with Crippen molar-refractivity contribution in [3.63, 3.8) is 0 Å². The molecule has 0 aliphatic heterocycles. The third-order valence-electron chi connectivity index (χ3n) is 4.12. The second kappa shape index (κ2) is 6.65. The molecule has 23 heavy (non-hydrogen) atoms. The van der Waals surface area contributed by atoms with Gasteiger partial charge in [0, 0.05) is 13.1 Å². The molecule has 0 saturated carbocycles. The van der Waals surface area contributed by atoms with Gasteiger partial charge in [-0.05, 0) is 37.1 Å². The van der Waals surface area contributed by atoms with Crippen LogP contribution in [0.25, 0.3) is 11.0 Å². The van der Waals surface area contributed by atoms with Gasteiger partial charge in [0.05, 0.1) is 17.5 Å². The van der Waals surface area contributed by atoms with Gasteiger partial charge in [-0.15, -0.1) is 0 Å². The van der Waals surface area contributed by atoms with Crippen molar-refractivity contribution in [2.75, 3.05) is 6.54 Å². The van der Waals surface area contributed by atoms with E-state index in [1.807, 2.05) is 56.3 Å². The van der Waals surface area contributed by atoms with Crippen LogP contribution in [-0.4, -0.2) is 22.0 Å². The van der Waals surface area contributed by atoms with Crippen molar-refractivity contribution in [3.05, 3.63) is 65.5 Å². The summed E-state index contributed by atoms with van der Waals surface area (Å²) in [6.45, 7) is 5.36. The molecule has 0 aliphatic rings. The quantitative estimate of drug-likeness (QED) is 0.787. The standard InChI is InChI=1S/C19H21N3O/c1-14-7-3-4-8-16(14)13-19(23)20-11-12-22-15(2)21-17-9-5-6-10-18(17)22/h3-10H,11-13H2,1-2H3,(H,20,23). The van der Waals surface area contributed by atoms with Gasteiger partial charge in [0.25, 0.3) is 0 Å². The monoisotopic (exact) mass is 307 g/mol. The van der Waals surface area contributed by atoms with Crippen molar-refractivity contribution in [2.45, 2.75) is 26.8 Å². The number of carbonyl (C=O) groups excluding carboxylic acids is 1. The highest BCUT2D eigenvalue weighted by atomic mass is 16.1. The summed E-state index contributed by atoms with van der Waals surface area (Å²) in [5.74, 6) is 1.03. The number of imidazole rings is 1. The second-order valence-corrected chi connectivity index (χ2v) is 5.75. The maximum Gasteiger partial charge on any atom is 0.224 e. The van der Waals surface area contributed by atoms with Crippen LogP contribution in [-0.2, 0) is 17.8 Å². The molecular weight excluding hydrogens is 286 g/mol. The van der Waals surface area contributed by atoms with Crippen LogP contribution in [0.1, 0.15) is 17.0 Å². The molecule has 1 aromatic heterocycles. The number of amides is 1. The molecule has 3 aromatic rings. The highest BCUT2D eigenvalue weighted by Crippen LogP contribution is 2.14. The number of nitrogens with zero attached hydrogens (tertiary/aromatic N) is 2. The Morgan fingerprint density at radius 3 is 2.65 bits per heavy atom. The largest absolute Gasteiger partial charge is 0.354 e. The van der Waals surface area contributed by atoms with E-state index < -0.39 is 0 Å². The number of aryl methyl sites for hydroxylation is 2. The van der Waals surface area contributed by atoms with Gasteiger partial charge in [-0.1, -0.05) is 36.4 Å². The SMILES string of the molecule is Cc1ccccc1CC(=O)NCCn1c(C)nc2ccccc21. The van der Waals surface area contributed by atoms with E-state index in [2.05, 4.69) is 20.9 Å². The average molecular weight is 307 g/mol. The van der Waals surface area contributed by atoms with Gasteiger partial charge in [-0.25, -0.2) is 4.98 Å². The molecule has 4 nitrogen and oxygen atoms in total. The lowest BCUT2D eigenvalue weighted by Gasteiger charge is -2.09. The molecule has 0 fully saturated rings. The fourth-order valence-electron chi connectivity index (χ4n) is 2.83. The van der Waals surface area contributed by atoms with Crippen LogP contribution in [0.5, 0.6) is 0 Å². The number of aromatic nitrogens is 2. The molecule has 0 bridgehead atoms. The third kappa shape index (κ3) is 3.42. The first-order valence-corrected chi connectivity index (χ1v) is 7.88. The Morgan fingerprint density at radius 2 is 1.83 bits per heavy atom. The molecule has 0 radical (unpaired) electrons. The first-order valence-electron chi connectivity index (χ1n) is 7.88. The van der Waals surface area contributed by atoms with E-state index in [9.17, 15) is 4.79 Å². The van der Waals surface area contributed by atoms with Crippen molar-refractivity contribution >= 4 is 16.9 Å². The highest BCUT2D eigenvalue weighted by Gasteiger charge is 2.08. The maximum absolute atomic E-state index is 12.1. The Morgan fingerprint density at radius 1 is 1.09 bits per heavy atom. The zero-order valence-electron chi connectivity index (χ0n) is 13.5. The van der Waals surface area contributed by atoms with Crippen LogP contribution in [0.4, 0.5) is 0 Å². The minimum absolute atomic E-state index is 0.0568. The summed E-state index contributed by atoms with van der Waals surface area (Å²) in [6, 6.07) is 16.1. The minimum Gasteiger partial charge on any atom is -0.354 e. The molecular formula is C19H21N3O. The van der Waals surface area contributed by atoms with Gasteiger partial charge in [0.15, 0.2) is 0 Å². The summed E-state index contributed by atoms with van der Waals surface area (Å²) in [6.07, 6.45) is 0.427. The molecule has 0 atom stereocenters. The van der Waals surface area contributed by atoms with Crippen LogP contribution in [0.2, 0.25) is 0 Å². The molecule has 0 saturated heterocycles. The number of benzene rings is 2. The van der Waals surface area contributed by atoms with E-state index in [4.69, 9.17) is 0 Å². The second-order valence-electron chi connectivity index (χ2n) is 5.75. The van der Waals surface area contributed by atoms with E-state index >= 15 is 0 Å². The van der Waals surface area contributed by atoms with E-state index in [-0.39, 0.29) is 5.91 Å². The first-order chi connectivity index (χ1) is 11.1. The van der Waals surface area contributed by atoms with Crippen molar-refractivity contribution in [3.8, 4) is 0 Å². The van der Waals surface area contributed by atoms with Crippen molar-refractivity contribution in [1.29, 1.82) is 0 Å². The lowest BCUT2D eigenvalue weighted by atomic mass is 10.1. The summed E-state index contributed by atoms with van der Waals surface area (Å²) in [5.41, 5.74) is 4.34. The van der Waals surface area contributed by atoms with E-state index in [0.717, 1.165) is 34.5 Å². The summed E-state index contributed by atoms with van der Waals surface area (Å²) in [5, 5.41) is 3.00. The molecule has 0 spiro atoms. The van der Waals surface area contributed by atoms with Gasteiger partial charge < -0.3 is 9.88 Å². The van der Waals surface area contributed by atoms with Crippen LogP contribution >= 0.6 is 0 Å². The first kappa shape index (κ1) is 15.3. The van der Waals surface area contributed by atoms with Crippen molar-refractivity contribution in [1.82, 2.24) is 14.9 Å². The molecule has 118 valence electrons. The molecule has 4 heteroatoms. The Balaban J connectivity index is 1.59. The normalized spacial score (nSPS) is 10.9. The van der Waals surface area contributed by atoms with Gasteiger partial charge in [0.1, 0.15) is 5.82 Å². The third-order valence-corrected chi connectivity index (χ3v) is 4.12. The molecule has 3 rings (SSSR count). The number of hydrogen-bond donors (Lipinski definition) is 1. The minimum atomic E-state index is 0.0568. The van der Waals surface area contributed by atoms with Crippen LogP contribution in [0, 0.1) is 13.8 Å². The zero-order chi connectivity index (χ0) is 16.2. The lowest BCUT2D eigenvalue weighted by Crippen LogP contribution is -2.29. The van der Waals surface area contributed by atoms with Gasteiger partial charge in [-0.2, -0.15) is 0 Å². The van der Waals surface area contributed by atoms with Gasteiger partial charge in [0.2, 0.25) is 5.91 Å². The summed E-state index contributed by atoms with van der Waals surface area (Å²) in [7, 11) is 0. The fourth-order valence-corrected chi connectivity index (χ4v) is 2.83. The van der Waals surface area contributed by atoms with E-state index in [0.29, 0.717) is 13.0 Å². The number of nitrogens with one attached hydrogen (secondary N) is 1. The molecule has 0 unspecified atom stereocenters. The number of hydrogen-bond acceptors (Lipinski definition) is 2. The molecule has 1 amide bonds. The smallest absolute Gasteiger partial charge is 0.224 e. The van der Waals surface area contributed by atoms with Gasteiger partial charge in [-0.3, -0.25) is 4.79 Å². The molecule has 1 heterocycles. The van der Waals surface area contributed by atoms with Crippen molar-refractivity contribution < 1.29 is 4.79 Å². The van der Waals surface area contributed by atoms with Crippen LogP contribution < -0.4 is 5.32 Å². The van der Waals surface area contributed by atoms with Gasteiger partial charge >= 0.3 is 0 Å². The number of fused-ring (bicyclic) bond motifs is 1. The average Bonchev–Trinajstić information content (AvgIpc) is 2.86. The van der Waals surface area contributed by atoms with Crippen molar-refractivity contribution in [2.24, 2.45) is 0 Å². The lowest BCUT2D eigenvalue weighted by molar-refractivity contribution is -0.120. The Labute approximate surface area is 136 Å². The summed E-state index contributed by atoms with van der Waals surface area (Å²) >= 11 is 0. The number of rotatable bonds is 5. The number of carbonyl (C=O) groups is 1. The summed E-state index contributed by atoms with van der Waals surface area (Å²) in [4.78, 5) is 16.6. The molecule has 0 aliphatic carbocycles. The van der Waals surface area contributed by atoms with Crippen LogP contribution in [0.15, 0.2) is 48.5 Å². The Kier molecular flexibility index (Phi) is 4.42. The summed E-state index contributed by atoms with van der Waals surface area (Å²) < 4.78 is 2.14. The highest BCUT2D eigenvalue weighted by molar-refractivity contribution is 5.79. The van der Waals surface area contributed by atoms with E-state index in [1.165, 1.54) is 0 Å². The Hall–Kier alpha value is -2.62. The predicted octanol–water partition coefficient (Wildman–Crippen LogP) is 3.01. The predicted molar refractivity (Wildman–Crippen MR) is 92.4 cm³/mol.